The minimum absolute atomic E-state index is 0.0801. The molecule has 6 heteroatoms. The third-order valence-electron chi connectivity index (χ3n) is 7.73. The lowest BCUT2D eigenvalue weighted by Gasteiger charge is -2.59. The Hall–Kier alpha value is -2.34. The molecule has 1 spiro atoms. The number of carbonyl (C=O) groups is 1. The molecule has 140 valence electrons. The van der Waals surface area contributed by atoms with Gasteiger partial charge in [-0.05, 0) is 37.7 Å². The number of aliphatic hydroxyl groups is 1. The van der Waals surface area contributed by atoms with Crippen molar-refractivity contribution in [3.63, 3.8) is 0 Å². The van der Waals surface area contributed by atoms with E-state index < -0.39 is 6.09 Å². The number of hydrogen-bond donors (Lipinski definition) is 2. The molecule has 6 rings (SSSR count). The number of rotatable bonds is 1. The molecule has 4 aliphatic rings. The van der Waals surface area contributed by atoms with E-state index >= 15 is 0 Å². The Bertz CT molecular complexity index is 924. The lowest BCUT2D eigenvalue weighted by atomic mass is 9.51. The van der Waals surface area contributed by atoms with Crippen molar-refractivity contribution in [1.82, 2.24) is 14.5 Å². The molecule has 3 aliphatic heterocycles. The standard InChI is InChI=1S/C21H23N3O3/c25-19-16(9-21(19)7-12-5-6-13(8-21)24(12)20(26)27)18-15-4-2-1-3-14(15)17-10-22-11-23(17)18/h1-4,10-13,16,18-19,25H,5-9H2,(H,26,27)/t12-,13+,16-,18-,19-,21?/m1/s1. The van der Waals surface area contributed by atoms with Gasteiger partial charge in [-0.1, -0.05) is 24.3 Å². The summed E-state index contributed by atoms with van der Waals surface area (Å²) in [4.78, 5) is 17.6. The van der Waals surface area contributed by atoms with Crippen molar-refractivity contribution < 1.29 is 15.0 Å². The predicted octanol–water partition coefficient (Wildman–Crippen LogP) is 3.12. The number of aliphatic hydroxyl groups excluding tert-OH is 1. The molecule has 2 aromatic rings. The van der Waals surface area contributed by atoms with E-state index in [1.165, 1.54) is 11.1 Å². The minimum Gasteiger partial charge on any atom is -0.465 e. The number of fused-ring (bicyclic) bond motifs is 5. The molecule has 1 aromatic carbocycles. The van der Waals surface area contributed by atoms with Gasteiger partial charge >= 0.3 is 6.09 Å². The fraction of sp³-hybridized carbons (Fsp3) is 0.524. The van der Waals surface area contributed by atoms with Crippen LogP contribution in [0.5, 0.6) is 0 Å². The second kappa shape index (κ2) is 5.13. The molecule has 1 saturated carbocycles. The van der Waals surface area contributed by atoms with Crippen LogP contribution < -0.4 is 0 Å². The van der Waals surface area contributed by atoms with Crippen LogP contribution in [0, 0.1) is 11.3 Å². The number of carboxylic acid groups (broad SMARTS) is 1. The number of nitrogens with zero attached hydrogens (tertiary/aromatic N) is 3. The Morgan fingerprint density at radius 2 is 1.89 bits per heavy atom. The summed E-state index contributed by atoms with van der Waals surface area (Å²) in [7, 11) is 0. The first-order valence-electron chi connectivity index (χ1n) is 9.89. The van der Waals surface area contributed by atoms with Crippen LogP contribution >= 0.6 is 0 Å². The topological polar surface area (TPSA) is 78.6 Å². The molecule has 0 radical (unpaired) electrons. The highest BCUT2D eigenvalue weighted by Gasteiger charge is 2.62. The van der Waals surface area contributed by atoms with Crippen molar-refractivity contribution in [2.75, 3.05) is 0 Å². The molecule has 2 bridgehead atoms. The van der Waals surface area contributed by atoms with Gasteiger partial charge in [0.05, 0.1) is 30.4 Å². The van der Waals surface area contributed by atoms with Crippen LogP contribution in [0.1, 0.15) is 43.7 Å². The van der Waals surface area contributed by atoms with Crippen LogP contribution in [0.4, 0.5) is 4.79 Å². The Balaban J connectivity index is 1.31. The number of imidazole rings is 1. The van der Waals surface area contributed by atoms with Gasteiger partial charge in [0.15, 0.2) is 0 Å². The van der Waals surface area contributed by atoms with Gasteiger partial charge in [-0.15, -0.1) is 0 Å². The first kappa shape index (κ1) is 15.7. The first-order chi connectivity index (χ1) is 13.1. The number of aromatic nitrogens is 2. The van der Waals surface area contributed by atoms with E-state index in [1.807, 2.05) is 12.5 Å². The van der Waals surface area contributed by atoms with Crippen LogP contribution in [0.2, 0.25) is 0 Å². The largest absolute Gasteiger partial charge is 0.465 e. The van der Waals surface area contributed by atoms with Crippen LogP contribution in [0.25, 0.3) is 11.3 Å². The van der Waals surface area contributed by atoms with Gasteiger partial charge < -0.3 is 19.7 Å². The molecular weight excluding hydrogens is 342 g/mol. The summed E-state index contributed by atoms with van der Waals surface area (Å²) in [5.74, 6) is 0.164. The fourth-order valence-corrected chi connectivity index (χ4v) is 6.69. The van der Waals surface area contributed by atoms with Gasteiger partial charge in [-0.3, -0.25) is 0 Å². The van der Waals surface area contributed by atoms with Crippen LogP contribution in [-0.4, -0.2) is 48.9 Å². The minimum atomic E-state index is -0.796. The summed E-state index contributed by atoms with van der Waals surface area (Å²) in [5.41, 5.74) is 3.51. The zero-order valence-electron chi connectivity index (χ0n) is 15.0. The molecule has 1 aliphatic carbocycles. The van der Waals surface area contributed by atoms with Gasteiger partial charge in [0.25, 0.3) is 0 Å². The van der Waals surface area contributed by atoms with Gasteiger partial charge in [-0.25, -0.2) is 9.78 Å². The van der Waals surface area contributed by atoms with E-state index in [-0.39, 0.29) is 35.6 Å². The molecule has 1 aromatic heterocycles. The second-order valence-corrected chi connectivity index (χ2v) is 8.88. The van der Waals surface area contributed by atoms with Crippen molar-refractivity contribution in [3.8, 4) is 11.3 Å². The Labute approximate surface area is 157 Å². The highest BCUT2D eigenvalue weighted by molar-refractivity contribution is 5.69. The Kier molecular flexibility index (Phi) is 2.98. The highest BCUT2D eigenvalue weighted by Crippen LogP contribution is 2.62. The van der Waals surface area contributed by atoms with Crippen LogP contribution in [0.15, 0.2) is 36.8 Å². The van der Waals surface area contributed by atoms with Gasteiger partial charge in [0.1, 0.15) is 0 Å². The fourth-order valence-electron chi connectivity index (χ4n) is 6.69. The summed E-state index contributed by atoms with van der Waals surface area (Å²) in [6, 6.07) is 8.72. The number of amides is 1. The van der Waals surface area contributed by atoms with Gasteiger partial charge in [0, 0.05) is 29.0 Å². The van der Waals surface area contributed by atoms with E-state index in [9.17, 15) is 15.0 Å². The zero-order valence-corrected chi connectivity index (χ0v) is 15.0. The smallest absolute Gasteiger partial charge is 0.407 e. The molecule has 4 heterocycles. The Morgan fingerprint density at radius 1 is 1.15 bits per heavy atom. The van der Waals surface area contributed by atoms with E-state index in [0.29, 0.717) is 0 Å². The van der Waals surface area contributed by atoms with Crippen LogP contribution in [0.3, 0.4) is 0 Å². The molecule has 6 atom stereocenters. The number of hydrogen-bond acceptors (Lipinski definition) is 3. The second-order valence-electron chi connectivity index (χ2n) is 8.88. The highest BCUT2D eigenvalue weighted by atomic mass is 16.4. The lowest BCUT2D eigenvalue weighted by Crippen LogP contribution is -2.62. The molecule has 1 amide bonds. The van der Waals surface area contributed by atoms with Crippen LogP contribution in [-0.2, 0) is 0 Å². The monoisotopic (exact) mass is 365 g/mol. The summed E-state index contributed by atoms with van der Waals surface area (Å²) < 4.78 is 2.21. The van der Waals surface area contributed by atoms with Crippen molar-refractivity contribution >= 4 is 6.09 Å². The van der Waals surface area contributed by atoms with Crippen molar-refractivity contribution in [2.45, 2.75) is 56.3 Å². The third-order valence-corrected chi connectivity index (χ3v) is 7.73. The molecular formula is C21H23N3O3. The summed E-state index contributed by atoms with van der Waals surface area (Å²) >= 11 is 0. The molecule has 27 heavy (non-hydrogen) atoms. The maximum absolute atomic E-state index is 11.6. The summed E-state index contributed by atoms with van der Waals surface area (Å²) in [6.07, 6.45) is 7.06. The average Bonchev–Trinajstić information content (AvgIpc) is 3.32. The number of piperidine rings is 1. The lowest BCUT2D eigenvalue weighted by molar-refractivity contribution is -0.166. The molecule has 2 saturated heterocycles. The van der Waals surface area contributed by atoms with E-state index in [1.54, 1.807) is 4.90 Å². The van der Waals surface area contributed by atoms with Gasteiger partial charge in [-0.2, -0.15) is 0 Å². The maximum Gasteiger partial charge on any atom is 0.407 e. The van der Waals surface area contributed by atoms with Crippen molar-refractivity contribution in [1.29, 1.82) is 0 Å². The first-order valence-corrected chi connectivity index (χ1v) is 9.89. The SMILES string of the molecule is O=C(O)N1[C@@H]2CC[C@H]1CC1(C[C@H]([C@H]3c4ccccc4-c4cncn43)[C@H]1O)C2. The normalized spacial score (nSPS) is 38.6. The quantitative estimate of drug-likeness (QED) is 0.814. The molecule has 3 fully saturated rings. The molecule has 2 N–H and O–H groups in total. The average molecular weight is 365 g/mol. The Morgan fingerprint density at radius 3 is 2.59 bits per heavy atom. The van der Waals surface area contributed by atoms with Crippen molar-refractivity contribution in [3.05, 3.63) is 42.4 Å². The third kappa shape index (κ3) is 1.89. The van der Waals surface area contributed by atoms with Gasteiger partial charge in [0.2, 0.25) is 0 Å². The van der Waals surface area contributed by atoms with Crippen molar-refractivity contribution in [2.24, 2.45) is 11.3 Å². The zero-order chi connectivity index (χ0) is 18.3. The maximum atomic E-state index is 11.6. The summed E-state index contributed by atoms with van der Waals surface area (Å²) in [6.45, 7) is 0. The van der Waals surface area contributed by atoms with E-state index in [2.05, 4.69) is 33.8 Å². The number of benzene rings is 1. The van der Waals surface area contributed by atoms with E-state index in [4.69, 9.17) is 0 Å². The summed E-state index contributed by atoms with van der Waals surface area (Å²) in [5, 5.41) is 20.8. The predicted molar refractivity (Wildman–Crippen MR) is 98.3 cm³/mol. The van der Waals surface area contributed by atoms with E-state index in [0.717, 1.165) is 37.8 Å². The molecule has 1 unspecified atom stereocenters. The molecule has 6 nitrogen and oxygen atoms in total.